The van der Waals surface area contributed by atoms with E-state index in [2.05, 4.69) is 4.98 Å². The number of carbonyl (C=O) groups is 1. The normalized spacial score (nSPS) is 15.7. The number of para-hydroxylation sites is 1. The van der Waals surface area contributed by atoms with Crippen molar-refractivity contribution in [3.63, 3.8) is 0 Å². The molecule has 7 heteroatoms. The number of nitrogens with zero attached hydrogens (tertiary/aromatic N) is 2. The summed E-state index contributed by atoms with van der Waals surface area (Å²) in [5.41, 5.74) is 1.90. The summed E-state index contributed by atoms with van der Waals surface area (Å²) in [5, 5.41) is 0.716. The SMILES string of the molecule is CC1CCc2ccccc2N1C(=O)c1cc(F)cnc1Oc1cc(Cl)ccc1Cl. The molecule has 1 atom stereocenters. The van der Waals surface area contributed by atoms with Crippen molar-refractivity contribution in [2.75, 3.05) is 4.90 Å². The number of fused-ring (bicyclic) bond motifs is 1. The third-order valence-corrected chi connectivity index (χ3v) is 5.44. The fourth-order valence-electron chi connectivity index (χ4n) is 3.45. The number of carbonyl (C=O) groups excluding carboxylic acids is 1. The molecule has 4 nitrogen and oxygen atoms in total. The zero-order chi connectivity index (χ0) is 20.5. The van der Waals surface area contributed by atoms with Gasteiger partial charge >= 0.3 is 0 Å². The molecule has 1 aliphatic rings. The van der Waals surface area contributed by atoms with Gasteiger partial charge < -0.3 is 9.64 Å². The van der Waals surface area contributed by atoms with E-state index in [0.717, 1.165) is 36.4 Å². The zero-order valence-corrected chi connectivity index (χ0v) is 17.0. The molecule has 3 aromatic rings. The second-order valence-corrected chi connectivity index (χ2v) is 7.72. The monoisotopic (exact) mass is 430 g/mol. The molecule has 4 rings (SSSR count). The number of aromatic nitrogens is 1. The Balaban J connectivity index is 1.76. The minimum atomic E-state index is -0.629. The number of halogens is 3. The van der Waals surface area contributed by atoms with E-state index in [0.29, 0.717) is 10.0 Å². The van der Waals surface area contributed by atoms with Crippen molar-refractivity contribution in [2.45, 2.75) is 25.8 Å². The van der Waals surface area contributed by atoms with E-state index in [1.165, 1.54) is 6.07 Å². The highest BCUT2D eigenvalue weighted by Crippen LogP contribution is 2.36. The molecular formula is C22H17Cl2FN2O2. The summed E-state index contributed by atoms with van der Waals surface area (Å²) in [4.78, 5) is 19.1. The number of hydrogen-bond donors (Lipinski definition) is 0. The first-order valence-electron chi connectivity index (χ1n) is 9.14. The van der Waals surface area contributed by atoms with Gasteiger partial charge in [-0.15, -0.1) is 0 Å². The molecule has 0 radical (unpaired) electrons. The molecule has 1 unspecified atom stereocenters. The molecule has 148 valence electrons. The highest BCUT2D eigenvalue weighted by atomic mass is 35.5. The topological polar surface area (TPSA) is 42.4 Å². The van der Waals surface area contributed by atoms with Crippen LogP contribution in [-0.4, -0.2) is 16.9 Å². The molecule has 2 heterocycles. The van der Waals surface area contributed by atoms with Crippen LogP contribution in [0.5, 0.6) is 11.6 Å². The van der Waals surface area contributed by atoms with Gasteiger partial charge in [0.25, 0.3) is 5.91 Å². The van der Waals surface area contributed by atoms with Crippen LogP contribution >= 0.6 is 23.2 Å². The van der Waals surface area contributed by atoms with E-state index >= 15 is 0 Å². The van der Waals surface area contributed by atoms with Crippen LogP contribution in [0, 0.1) is 5.82 Å². The first-order valence-corrected chi connectivity index (χ1v) is 9.89. The summed E-state index contributed by atoms with van der Waals surface area (Å²) < 4.78 is 19.8. The Morgan fingerprint density at radius 2 is 2.00 bits per heavy atom. The number of amides is 1. The Morgan fingerprint density at radius 1 is 1.21 bits per heavy atom. The molecule has 0 bridgehead atoms. The molecule has 0 N–H and O–H groups in total. The van der Waals surface area contributed by atoms with Crippen LogP contribution in [0.2, 0.25) is 10.0 Å². The lowest BCUT2D eigenvalue weighted by Crippen LogP contribution is -2.42. The lowest BCUT2D eigenvalue weighted by molar-refractivity contribution is 0.0972. The molecule has 1 aromatic heterocycles. The van der Waals surface area contributed by atoms with E-state index in [1.807, 2.05) is 31.2 Å². The number of pyridine rings is 1. The van der Waals surface area contributed by atoms with Gasteiger partial charge in [-0.1, -0.05) is 41.4 Å². The predicted octanol–water partition coefficient (Wildman–Crippen LogP) is 6.30. The molecule has 0 aliphatic carbocycles. The third-order valence-electron chi connectivity index (χ3n) is 4.89. The number of benzene rings is 2. The first kappa shape index (κ1) is 19.7. The average Bonchev–Trinajstić information content (AvgIpc) is 2.71. The van der Waals surface area contributed by atoms with Crippen molar-refractivity contribution in [2.24, 2.45) is 0 Å². The molecule has 0 saturated heterocycles. The van der Waals surface area contributed by atoms with Crippen LogP contribution in [0.3, 0.4) is 0 Å². The van der Waals surface area contributed by atoms with Gasteiger partial charge in [-0.25, -0.2) is 9.37 Å². The van der Waals surface area contributed by atoms with Gasteiger partial charge in [-0.05, 0) is 49.6 Å². The first-order chi connectivity index (χ1) is 13.9. The Hall–Kier alpha value is -2.63. The van der Waals surface area contributed by atoms with Crippen LogP contribution < -0.4 is 9.64 Å². The van der Waals surface area contributed by atoms with E-state index in [9.17, 15) is 9.18 Å². The van der Waals surface area contributed by atoms with Gasteiger partial charge in [0.15, 0.2) is 0 Å². The van der Waals surface area contributed by atoms with Crippen LogP contribution in [0.1, 0.15) is 29.3 Å². The fraction of sp³-hybridized carbons (Fsp3) is 0.182. The van der Waals surface area contributed by atoms with Crippen molar-refractivity contribution < 1.29 is 13.9 Å². The number of aryl methyl sites for hydroxylation is 1. The molecule has 2 aromatic carbocycles. The van der Waals surface area contributed by atoms with Crippen LogP contribution in [0.25, 0.3) is 0 Å². The molecule has 1 aliphatic heterocycles. The summed E-state index contributed by atoms with van der Waals surface area (Å²) in [7, 11) is 0. The molecule has 29 heavy (non-hydrogen) atoms. The third kappa shape index (κ3) is 3.93. The lowest BCUT2D eigenvalue weighted by Gasteiger charge is -2.35. The summed E-state index contributed by atoms with van der Waals surface area (Å²) >= 11 is 12.2. The minimum absolute atomic E-state index is 0.0181. The van der Waals surface area contributed by atoms with Gasteiger partial charge in [0, 0.05) is 22.8 Å². The molecule has 0 spiro atoms. The molecule has 0 saturated carbocycles. The number of hydrogen-bond acceptors (Lipinski definition) is 3. The molecule has 0 fully saturated rings. The zero-order valence-electron chi connectivity index (χ0n) is 15.5. The maximum Gasteiger partial charge on any atom is 0.264 e. The van der Waals surface area contributed by atoms with E-state index in [4.69, 9.17) is 27.9 Å². The van der Waals surface area contributed by atoms with E-state index in [-0.39, 0.29) is 29.1 Å². The summed E-state index contributed by atoms with van der Waals surface area (Å²) in [6.07, 6.45) is 2.68. The van der Waals surface area contributed by atoms with Crippen molar-refractivity contribution in [3.05, 3.63) is 81.7 Å². The summed E-state index contributed by atoms with van der Waals surface area (Å²) in [6.45, 7) is 1.97. The summed E-state index contributed by atoms with van der Waals surface area (Å²) in [6, 6.07) is 13.5. The Labute approximate surface area is 177 Å². The second-order valence-electron chi connectivity index (χ2n) is 6.87. The Bertz CT molecular complexity index is 1090. The van der Waals surface area contributed by atoms with E-state index in [1.54, 1.807) is 17.0 Å². The molecular weight excluding hydrogens is 414 g/mol. The standard InChI is InChI=1S/C22H17Cl2FN2O2/c1-13-6-7-14-4-2-3-5-19(14)27(13)22(28)17-11-16(25)12-26-21(17)29-20-10-15(23)8-9-18(20)24/h2-5,8-13H,6-7H2,1H3. The number of rotatable bonds is 3. The average molecular weight is 431 g/mol. The lowest BCUT2D eigenvalue weighted by atomic mass is 9.96. The number of anilines is 1. The second kappa shape index (κ2) is 8.01. The van der Waals surface area contributed by atoms with Gasteiger partial charge in [-0.3, -0.25) is 4.79 Å². The van der Waals surface area contributed by atoms with Gasteiger partial charge in [0.05, 0.1) is 11.2 Å². The van der Waals surface area contributed by atoms with Gasteiger partial charge in [0.2, 0.25) is 5.88 Å². The van der Waals surface area contributed by atoms with Crippen molar-refractivity contribution in [1.29, 1.82) is 0 Å². The van der Waals surface area contributed by atoms with Crippen molar-refractivity contribution in [3.8, 4) is 11.6 Å². The highest BCUT2D eigenvalue weighted by Gasteiger charge is 2.31. The minimum Gasteiger partial charge on any atom is -0.437 e. The summed E-state index contributed by atoms with van der Waals surface area (Å²) in [5.74, 6) is -0.809. The smallest absolute Gasteiger partial charge is 0.264 e. The maximum atomic E-state index is 14.0. The quantitative estimate of drug-likeness (QED) is 0.489. The van der Waals surface area contributed by atoms with E-state index < -0.39 is 5.82 Å². The van der Waals surface area contributed by atoms with Gasteiger partial charge in [0.1, 0.15) is 17.1 Å². The number of ether oxygens (including phenoxy) is 1. The molecule has 1 amide bonds. The highest BCUT2D eigenvalue weighted by molar-refractivity contribution is 6.34. The van der Waals surface area contributed by atoms with Crippen LogP contribution in [0.4, 0.5) is 10.1 Å². The Kier molecular flexibility index (Phi) is 5.43. The van der Waals surface area contributed by atoms with Crippen LogP contribution in [0.15, 0.2) is 54.7 Å². The van der Waals surface area contributed by atoms with Gasteiger partial charge in [-0.2, -0.15) is 0 Å². The Morgan fingerprint density at radius 3 is 2.83 bits per heavy atom. The van der Waals surface area contributed by atoms with Crippen molar-refractivity contribution in [1.82, 2.24) is 4.98 Å². The maximum absolute atomic E-state index is 14.0. The van der Waals surface area contributed by atoms with Crippen LogP contribution in [-0.2, 0) is 6.42 Å². The fourth-order valence-corrected chi connectivity index (χ4v) is 3.77. The largest absolute Gasteiger partial charge is 0.437 e. The predicted molar refractivity (Wildman–Crippen MR) is 112 cm³/mol. The van der Waals surface area contributed by atoms with Crippen molar-refractivity contribution >= 4 is 34.8 Å².